The monoisotopic (exact) mass is 190 g/mol. The van der Waals surface area contributed by atoms with Crippen molar-refractivity contribution in [2.24, 2.45) is 0 Å². The first kappa shape index (κ1) is 11.0. The fourth-order valence-corrected chi connectivity index (χ4v) is 1.51. The van der Waals surface area contributed by atoms with Crippen molar-refractivity contribution in [2.75, 3.05) is 6.61 Å². The Kier molecular flexibility index (Phi) is 5.02. The molecule has 0 aliphatic heterocycles. The Bertz CT molecular complexity index is 253. The standard InChI is InChI=1S/C13H18O/c1-3-8-13(14-4-2)11-12-9-6-5-7-10-12/h3,5-7,9-10,13H,1,4,8,11H2,2H3. The van der Waals surface area contributed by atoms with Gasteiger partial charge in [-0.05, 0) is 25.3 Å². The minimum atomic E-state index is 0.278. The van der Waals surface area contributed by atoms with Crippen molar-refractivity contribution >= 4 is 0 Å². The lowest BCUT2D eigenvalue weighted by molar-refractivity contribution is 0.0655. The highest BCUT2D eigenvalue weighted by atomic mass is 16.5. The fraction of sp³-hybridized carbons (Fsp3) is 0.385. The first-order valence-corrected chi connectivity index (χ1v) is 5.13. The molecule has 0 saturated carbocycles. The largest absolute Gasteiger partial charge is 0.378 e. The SMILES string of the molecule is C=CCC(Cc1ccccc1)OCC. The van der Waals surface area contributed by atoms with Crippen molar-refractivity contribution in [1.82, 2.24) is 0 Å². The van der Waals surface area contributed by atoms with Crippen LogP contribution in [0.1, 0.15) is 18.9 Å². The molecule has 0 heterocycles. The van der Waals surface area contributed by atoms with E-state index < -0.39 is 0 Å². The molecule has 76 valence electrons. The highest BCUT2D eigenvalue weighted by Gasteiger charge is 2.06. The highest BCUT2D eigenvalue weighted by molar-refractivity contribution is 5.15. The minimum Gasteiger partial charge on any atom is -0.378 e. The summed E-state index contributed by atoms with van der Waals surface area (Å²) in [5, 5.41) is 0. The van der Waals surface area contributed by atoms with Crippen LogP contribution in [0, 0.1) is 0 Å². The van der Waals surface area contributed by atoms with Crippen LogP contribution in [0.5, 0.6) is 0 Å². The second-order valence-corrected chi connectivity index (χ2v) is 3.29. The number of ether oxygens (including phenoxy) is 1. The van der Waals surface area contributed by atoms with Gasteiger partial charge in [0.05, 0.1) is 6.10 Å². The Morgan fingerprint density at radius 3 is 2.64 bits per heavy atom. The third-order valence-corrected chi connectivity index (χ3v) is 2.14. The van der Waals surface area contributed by atoms with Crippen LogP contribution in [0.4, 0.5) is 0 Å². The molecule has 0 N–H and O–H groups in total. The topological polar surface area (TPSA) is 9.23 Å². The second kappa shape index (κ2) is 6.39. The van der Waals surface area contributed by atoms with Crippen LogP contribution in [0.15, 0.2) is 43.0 Å². The average molecular weight is 190 g/mol. The second-order valence-electron chi connectivity index (χ2n) is 3.29. The van der Waals surface area contributed by atoms with E-state index in [0.717, 1.165) is 19.4 Å². The van der Waals surface area contributed by atoms with Crippen LogP contribution >= 0.6 is 0 Å². The molecule has 14 heavy (non-hydrogen) atoms. The molecule has 1 aromatic rings. The van der Waals surface area contributed by atoms with Crippen LogP contribution < -0.4 is 0 Å². The summed E-state index contributed by atoms with van der Waals surface area (Å²) >= 11 is 0. The Hall–Kier alpha value is -1.08. The molecule has 1 heteroatoms. The van der Waals surface area contributed by atoms with Crippen LogP contribution in [-0.2, 0) is 11.2 Å². The Labute approximate surface area is 86.4 Å². The van der Waals surface area contributed by atoms with Gasteiger partial charge < -0.3 is 4.74 Å². The summed E-state index contributed by atoms with van der Waals surface area (Å²) in [5.74, 6) is 0. The van der Waals surface area contributed by atoms with E-state index in [-0.39, 0.29) is 6.10 Å². The molecule has 0 aliphatic carbocycles. The first-order valence-electron chi connectivity index (χ1n) is 5.13. The predicted molar refractivity (Wildman–Crippen MR) is 60.4 cm³/mol. The molecular formula is C13H18O. The molecular weight excluding hydrogens is 172 g/mol. The molecule has 0 aliphatic rings. The molecule has 0 radical (unpaired) electrons. The third kappa shape index (κ3) is 3.75. The lowest BCUT2D eigenvalue weighted by Crippen LogP contribution is -2.15. The minimum absolute atomic E-state index is 0.278. The molecule has 0 spiro atoms. The van der Waals surface area contributed by atoms with Gasteiger partial charge in [-0.1, -0.05) is 36.4 Å². The zero-order chi connectivity index (χ0) is 10.2. The van der Waals surface area contributed by atoms with Gasteiger partial charge in [-0.2, -0.15) is 0 Å². The Morgan fingerprint density at radius 2 is 2.07 bits per heavy atom. The molecule has 1 unspecified atom stereocenters. The number of hydrogen-bond donors (Lipinski definition) is 0. The Morgan fingerprint density at radius 1 is 1.36 bits per heavy atom. The van der Waals surface area contributed by atoms with Crippen LogP contribution in [0.25, 0.3) is 0 Å². The summed E-state index contributed by atoms with van der Waals surface area (Å²) in [7, 11) is 0. The van der Waals surface area contributed by atoms with Gasteiger partial charge >= 0.3 is 0 Å². The van der Waals surface area contributed by atoms with Gasteiger partial charge in [0.15, 0.2) is 0 Å². The molecule has 1 nitrogen and oxygen atoms in total. The summed E-state index contributed by atoms with van der Waals surface area (Å²) < 4.78 is 5.62. The van der Waals surface area contributed by atoms with Gasteiger partial charge in [-0.25, -0.2) is 0 Å². The van der Waals surface area contributed by atoms with Crippen molar-refractivity contribution in [1.29, 1.82) is 0 Å². The average Bonchev–Trinajstić information content (AvgIpc) is 2.20. The molecule has 0 bridgehead atoms. The molecule has 0 aromatic heterocycles. The number of hydrogen-bond acceptors (Lipinski definition) is 1. The summed E-state index contributed by atoms with van der Waals surface area (Å²) in [6.45, 7) is 6.54. The van der Waals surface area contributed by atoms with Crippen LogP contribution in [-0.4, -0.2) is 12.7 Å². The quantitative estimate of drug-likeness (QED) is 0.626. The van der Waals surface area contributed by atoms with Gasteiger partial charge in [-0.3, -0.25) is 0 Å². The maximum atomic E-state index is 5.62. The molecule has 1 rings (SSSR count). The van der Waals surface area contributed by atoms with E-state index >= 15 is 0 Å². The van der Waals surface area contributed by atoms with Crippen molar-refractivity contribution < 1.29 is 4.74 Å². The molecule has 0 saturated heterocycles. The number of benzene rings is 1. The maximum Gasteiger partial charge on any atom is 0.0649 e. The van der Waals surface area contributed by atoms with E-state index in [0.29, 0.717) is 0 Å². The van der Waals surface area contributed by atoms with Crippen molar-refractivity contribution in [3.8, 4) is 0 Å². The predicted octanol–water partition coefficient (Wildman–Crippen LogP) is 3.21. The van der Waals surface area contributed by atoms with Crippen LogP contribution in [0.3, 0.4) is 0 Å². The molecule has 0 amide bonds. The van der Waals surface area contributed by atoms with Gasteiger partial charge in [0, 0.05) is 6.61 Å². The molecule has 1 atom stereocenters. The summed E-state index contributed by atoms with van der Waals surface area (Å²) in [6, 6.07) is 10.4. The van der Waals surface area contributed by atoms with E-state index in [2.05, 4.69) is 30.8 Å². The summed E-state index contributed by atoms with van der Waals surface area (Å²) in [4.78, 5) is 0. The van der Waals surface area contributed by atoms with Crippen LogP contribution in [0.2, 0.25) is 0 Å². The summed E-state index contributed by atoms with van der Waals surface area (Å²) in [5.41, 5.74) is 1.33. The van der Waals surface area contributed by atoms with E-state index in [9.17, 15) is 0 Å². The Balaban J connectivity index is 2.50. The maximum absolute atomic E-state index is 5.62. The highest BCUT2D eigenvalue weighted by Crippen LogP contribution is 2.09. The van der Waals surface area contributed by atoms with Gasteiger partial charge in [-0.15, -0.1) is 6.58 Å². The van der Waals surface area contributed by atoms with Crippen molar-refractivity contribution in [3.63, 3.8) is 0 Å². The van der Waals surface area contributed by atoms with E-state index in [4.69, 9.17) is 4.74 Å². The number of rotatable bonds is 6. The third-order valence-electron chi connectivity index (χ3n) is 2.14. The zero-order valence-corrected chi connectivity index (χ0v) is 8.78. The normalized spacial score (nSPS) is 12.4. The molecule has 0 fully saturated rings. The zero-order valence-electron chi connectivity index (χ0n) is 8.78. The molecule has 1 aromatic carbocycles. The lowest BCUT2D eigenvalue weighted by Gasteiger charge is -2.14. The van der Waals surface area contributed by atoms with Gasteiger partial charge in [0.25, 0.3) is 0 Å². The van der Waals surface area contributed by atoms with E-state index in [1.165, 1.54) is 5.56 Å². The van der Waals surface area contributed by atoms with Gasteiger partial charge in [0.1, 0.15) is 0 Å². The van der Waals surface area contributed by atoms with E-state index in [1.807, 2.05) is 19.1 Å². The fourth-order valence-electron chi connectivity index (χ4n) is 1.51. The first-order chi connectivity index (χ1) is 6.86. The van der Waals surface area contributed by atoms with Crippen molar-refractivity contribution in [3.05, 3.63) is 48.6 Å². The smallest absolute Gasteiger partial charge is 0.0649 e. The van der Waals surface area contributed by atoms with Crippen molar-refractivity contribution in [2.45, 2.75) is 25.9 Å². The lowest BCUT2D eigenvalue weighted by atomic mass is 10.1. The summed E-state index contributed by atoms with van der Waals surface area (Å²) in [6.07, 6.45) is 4.09. The van der Waals surface area contributed by atoms with Gasteiger partial charge in [0.2, 0.25) is 0 Å². The van der Waals surface area contributed by atoms with E-state index in [1.54, 1.807) is 0 Å².